The summed E-state index contributed by atoms with van der Waals surface area (Å²) in [5.41, 5.74) is 1.70. The standard InChI is InChI=1S/C17H15NO3S/c19-16-15(12-11-13-7-3-1-4-8-13)17(22(20)21)18(16)14-9-5-2-6-10-14/h1-10,15H,11-12H2. The van der Waals surface area contributed by atoms with Crippen molar-refractivity contribution in [3.8, 4) is 0 Å². The van der Waals surface area contributed by atoms with Gasteiger partial charge in [0.25, 0.3) is 0 Å². The van der Waals surface area contributed by atoms with Gasteiger partial charge in [-0.05, 0) is 30.5 Å². The van der Waals surface area contributed by atoms with E-state index in [1.807, 2.05) is 36.4 Å². The van der Waals surface area contributed by atoms with Gasteiger partial charge >= 0.3 is 0 Å². The lowest BCUT2D eigenvalue weighted by Crippen LogP contribution is -2.58. The van der Waals surface area contributed by atoms with Crippen LogP contribution in [0.1, 0.15) is 12.0 Å². The van der Waals surface area contributed by atoms with E-state index in [1.54, 1.807) is 24.3 Å². The summed E-state index contributed by atoms with van der Waals surface area (Å²) in [5, 5.41) is 0. The zero-order valence-electron chi connectivity index (χ0n) is 11.8. The number of hydrogen-bond donors (Lipinski definition) is 0. The summed E-state index contributed by atoms with van der Waals surface area (Å²) >= 11 is 0. The van der Waals surface area contributed by atoms with Gasteiger partial charge in [-0.2, -0.15) is 8.42 Å². The molecule has 0 aliphatic carbocycles. The highest BCUT2D eigenvalue weighted by Gasteiger charge is 2.45. The Morgan fingerprint density at radius 2 is 1.50 bits per heavy atom. The van der Waals surface area contributed by atoms with Crippen LogP contribution in [-0.4, -0.2) is 19.3 Å². The molecular weight excluding hydrogens is 298 g/mol. The molecule has 1 amide bonds. The molecular formula is C17H15NO3S. The van der Waals surface area contributed by atoms with Gasteiger partial charge in [-0.1, -0.05) is 48.5 Å². The minimum atomic E-state index is -2.39. The third kappa shape index (κ3) is 2.67. The lowest BCUT2D eigenvalue weighted by Gasteiger charge is -2.38. The number of carbonyl (C=O) groups excluding carboxylic acids is 1. The van der Waals surface area contributed by atoms with Crippen molar-refractivity contribution < 1.29 is 13.2 Å². The molecule has 0 N–H and O–H groups in total. The summed E-state index contributed by atoms with van der Waals surface area (Å²) in [6.45, 7) is 0. The molecule has 4 nitrogen and oxygen atoms in total. The van der Waals surface area contributed by atoms with Crippen LogP contribution >= 0.6 is 0 Å². The minimum Gasteiger partial charge on any atom is -0.273 e. The highest BCUT2D eigenvalue weighted by Crippen LogP contribution is 2.30. The predicted molar refractivity (Wildman–Crippen MR) is 86.1 cm³/mol. The molecule has 112 valence electrons. The highest BCUT2D eigenvalue weighted by atomic mass is 32.2. The third-order valence-electron chi connectivity index (χ3n) is 3.79. The number of nitrogens with zero attached hydrogens (tertiary/aromatic N) is 1. The summed E-state index contributed by atoms with van der Waals surface area (Å²) in [5.74, 6) is -0.694. The molecule has 1 aliphatic heterocycles. The molecule has 5 heteroatoms. The second kappa shape index (κ2) is 6.15. The number of aryl methyl sites for hydroxylation is 1. The summed E-state index contributed by atoms with van der Waals surface area (Å²) in [6.07, 6.45) is 1.19. The molecule has 22 heavy (non-hydrogen) atoms. The number of hydrogen-bond acceptors (Lipinski definition) is 3. The summed E-state index contributed by atoms with van der Waals surface area (Å²) < 4.78 is 23.0. The normalized spacial score (nSPS) is 17.3. The van der Waals surface area contributed by atoms with Crippen molar-refractivity contribution in [2.24, 2.45) is 5.92 Å². The van der Waals surface area contributed by atoms with Crippen molar-refractivity contribution >= 4 is 26.9 Å². The Morgan fingerprint density at radius 1 is 0.909 bits per heavy atom. The van der Waals surface area contributed by atoms with Crippen LogP contribution in [0.2, 0.25) is 0 Å². The second-order valence-electron chi connectivity index (χ2n) is 5.16. The average Bonchev–Trinajstić information content (AvgIpc) is 2.54. The van der Waals surface area contributed by atoms with Gasteiger partial charge in [-0.3, -0.25) is 9.69 Å². The molecule has 2 aromatic rings. The van der Waals surface area contributed by atoms with E-state index in [0.717, 1.165) is 5.56 Å². The molecule has 1 heterocycles. The fraction of sp³-hybridized carbons (Fsp3) is 0.176. The van der Waals surface area contributed by atoms with Gasteiger partial charge in [-0.15, -0.1) is 0 Å². The van der Waals surface area contributed by atoms with E-state index >= 15 is 0 Å². The SMILES string of the molecule is O=C1C(CCc2ccccc2)C(=S(=O)=O)N1c1ccccc1. The van der Waals surface area contributed by atoms with Crippen LogP contribution in [0.15, 0.2) is 60.7 Å². The van der Waals surface area contributed by atoms with E-state index in [2.05, 4.69) is 0 Å². The number of para-hydroxylation sites is 1. The van der Waals surface area contributed by atoms with Gasteiger partial charge in [0.1, 0.15) is 0 Å². The second-order valence-corrected chi connectivity index (χ2v) is 6.05. The molecule has 1 aliphatic rings. The molecule has 0 saturated carbocycles. The Bertz CT molecular complexity index is 805. The number of carbonyl (C=O) groups is 1. The molecule has 2 aromatic carbocycles. The fourth-order valence-electron chi connectivity index (χ4n) is 2.68. The molecule has 3 rings (SSSR count). The molecule has 0 spiro atoms. The first-order valence-corrected chi connectivity index (χ1v) is 8.15. The zero-order valence-corrected chi connectivity index (χ0v) is 12.7. The van der Waals surface area contributed by atoms with E-state index in [1.165, 1.54) is 4.90 Å². The summed E-state index contributed by atoms with van der Waals surface area (Å²) in [4.78, 5) is 13.8. The first-order chi connectivity index (χ1) is 10.7. The summed E-state index contributed by atoms with van der Waals surface area (Å²) in [7, 11) is -2.39. The van der Waals surface area contributed by atoms with Crippen LogP contribution in [0.5, 0.6) is 0 Å². The molecule has 1 fully saturated rings. The number of β-lactam (4-membered cyclic amide) rings is 1. The van der Waals surface area contributed by atoms with Crippen LogP contribution in [0.3, 0.4) is 0 Å². The quantitative estimate of drug-likeness (QED) is 0.643. The van der Waals surface area contributed by atoms with Crippen LogP contribution in [0.4, 0.5) is 5.69 Å². The Hall–Kier alpha value is -2.40. The topological polar surface area (TPSA) is 54.5 Å². The maximum Gasteiger partial charge on any atom is 0.242 e. The van der Waals surface area contributed by atoms with E-state index < -0.39 is 16.2 Å². The van der Waals surface area contributed by atoms with Crippen molar-refractivity contribution in [3.05, 3.63) is 66.2 Å². The zero-order chi connectivity index (χ0) is 15.5. The number of rotatable bonds is 4. The Balaban J connectivity index is 1.80. The molecule has 1 unspecified atom stereocenters. The Kier molecular flexibility index (Phi) is 4.06. The van der Waals surface area contributed by atoms with Crippen molar-refractivity contribution in [3.63, 3.8) is 0 Å². The summed E-state index contributed by atoms with van der Waals surface area (Å²) in [6, 6.07) is 18.6. The van der Waals surface area contributed by atoms with Crippen molar-refractivity contribution in [1.29, 1.82) is 0 Å². The van der Waals surface area contributed by atoms with Gasteiger partial charge in [0, 0.05) is 5.69 Å². The van der Waals surface area contributed by atoms with Crippen molar-refractivity contribution in [1.82, 2.24) is 0 Å². The number of anilines is 1. The van der Waals surface area contributed by atoms with E-state index in [4.69, 9.17) is 0 Å². The maximum absolute atomic E-state index is 12.3. The third-order valence-corrected chi connectivity index (χ3v) is 4.60. The van der Waals surface area contributed by atoms with Crippen LogP contribution in [0, 0.1) is 5.92 Å². The van der Waals surface area contributed by atoms with Crippen LogP contribution in [-0.2, 0) is 21.5 Å². The number of amides is 1. The Morgan fingerprint density at radius 3 is 2.09 bits per heavy atom. The highest BCUT2D eigenvalue weighted by molar-refractivity contribution is 7.73. The molecule has 1 atom stereocenters. The molecule has 1 saturated heterocycles. The van der Waals surface area contributed by atoms with E-state index in [9.17, 15) is 13.2 Å². The number of benzene rings is 2. The largest absolute Gasteiger partial charge is 0.273 e. The lowest BCUT2D eigenvalue weighted by molar-refractivity contribution is -0.122. The first kappa shape index (κ1) is 14.5. The van der Waals surface area contributed by atoms with Crippen LogP contribution in [0.25, 0.3) is 0 Å². The maximum atomic E-state index is 12.3. The Labute approximate surface area is 130 Å². The van der Waals surface area contributed by atoms with Crippen molar-refractivity contribution in [2.45, 2.75) is 12.8 Å². The first-order valence-electron chi connectivity index (χ1n) is 7.07. The van der Waals surface area contributed by atoms with Gasteiger partial charge in [-0.25, -0.2) is 0 Å². The minimum absolute atomic E-state index is 0.152. The predicted octanol–water partition coefficient (Wildman–Crippen LogP) is 2.29. The van der Waals surface area contributed by atoms with Crippen molar-refractivity contribution in [2.75, 3.05) is 4.90 Å². The van der Waals surface area contributed by atoms with Gasteiger partial charge < -0.3 is 0 Å². The van der Waals surface area contributed by atoms with Gasteiger partial charge in [0.2, 0.25) is 16.2 Å². The fourth-order valence-corrected chi connectivity index (χ4v) is 3.48. The van der Waals surface area contributed by atoms with Gasteiger partial charge in [0.15, 0.2) is 4.99 Å². The van der Waals surface area contributed by atoms with Gasteiger partial charge in [0.05, 0.1) is 5.92 Å². The molecule has 0 aromatic heterocycles. The van der Waals surface area contributed by atoms with Crippen LogP contribution < -0.4 is 4.90 Å². The van der Waals surface area contributed by atoms with E-state index in [-0.39, 0.29) is 10.9 Å². The monoisotopic (exact) mass is 313 g/mol. The smallest absolute Gasteiger partial charge is 0.242 e. The molecule has 0 radical (unpaired) electrons. The average molecular weight is 313 g/mol. The lowest BCUT2D eigenvalue weighted by atomic mass is 9.90. The molecule has 0 bridgehead atoms. The van der Waals surface area contributed by atoms with E-state index in [0.29, 0.717) is 18.5 Å².